The second-order valence-electron chi connectivity index (χ2n) is 6.77. The molecule has 0 saturated carbocycles. The highest BCUT2D eigenvalue weighted by Gasteiger charge is 2.14. The smallest absolute Gasteiger partial charge is 0.232 e. The zero-order valence-electron chi connectivity index (χ0n) is 16.7. The number of carbonyl (C=O) groups is 1. The molecule has 2 aromatic heterocycles. The Bertz CT molecular complexity index is 1130. The molecule has 4 rings (SSSR count). The highest BCUT2D eigenvalue weighted by molar-refractivity contribution is 7.16. The zero-order valence-corrected chi connectivity index (χ0v) is 18.3. The number of benzene rings is 2. The van der Waals surface area contributed by atoms with E-state index < -0.39 is 0 Å². The summed E-state index contributed by atoms with van der Waals surface area (Å²) in [7, 11) is 1.64. The SMILES string of the molecule is COc1ccc(-c2nc(NC(=O)Cc3csc(Cc4ccccc4)n3)sc2C)cc1. The average molecular weight is 436 g/mol. The summed E-state index contributed by atoms with van der Waals surface area (Å²) in [4.78, 5) is 22.8. The van der Waals surface area contributed by atoms with Gasteiger partial charge in [-0.3, -0.25) is 4.79 Å². The maximum absolute atomic E-state index is 12.5. The van der Waals surface area contributed by atoms with E-state index in [1.165, 1.54) is 16.9 Å². The average Bonchev–Trinajstić information content (AvgIpc) is 3.34. The minimum absolute atomic E-state index is 0.110. The van der Waals surface area contributed by atoms with Crippen molar-refractivity contribution in [2.24, 2.45) is 0 Å². The first kappa shape index (κ1) is 20.3. The quantitative estimate of drug-likeness (QED) is 0.425. The van der Waals surface area contributed by atoms with Gasteiger partial charge in [-0.15, -0.1) is 22.7 Å². The van der Waals surface area contributed by atoms with Crippen molar-refractivity contribution >= 4 is 33.7 Å². The topological polar surface area (TPSA) is 64.1 Å². The van der Waals surface area contributed by atoms with Gasteiger partial charge in [0.2, 0.25) is 5.91 Å². The summed E-state index contributed by atoms with van der Waals surface area (Å²) in [5.41, 5.74) is 3.87. The Labute approximate surface area is 183 Å². The van der Waals surface area contributed by atoms with Crippen molar-refractivity contribution in [1.29, 1.82) is 0 Å². The number of rotatable bonds is 7. The molecular weight excluding hydrogens is 414 g/mol. The molecular formula is C23H21N3O2S2. The molecule has 152 valence electrons. The number of ether oxygens (including phenoxy) is 1. The number of hydrogen-bond donors (Lipinski definition) is 1. The summed E-state index contributed by atoms with van der Waals surface area (Å²) in [5, 5.41) is 6.47. The van der Waals surface area contributed by atoms with Gasteiger partial charge >= 0.3 is 0 Å². The normalized spacial score (nSPS) is 10.7. The predicted molar refractivity (Wildman–Crippen MR) is 123 cm³/mol. The highest BCUT2D eigenvalue weighted by atomic mass is 32.1. The summed E-state index contributed by atoms with van der Waals surface area (Å²) in [6, 6.07) is 18.0. The largest absolute Gasteiger partial charge is 0.497 e. The van der Waals surface area contributed by atoms with Gasteiger partial charge in [0.15, 0.2) is 5.13 Å². The van der Waals surface area contributed by atoms with Gasteiger partial charge in [-0.1, -0.05) is 30.3 Å². The molecule has 5 nitrogen and oxygen atoms in total. The van der Waals surface area contributed by atoms with Gasteiger partial charge < -0.3 is 10.1 Å². The number of aryl methyl sites for hydroxylation is 1. The van der Waals surface area contributed by atoms with Gasteiger partial charge in [0, 0.05) is 22.2 Å². The van der Waals surface area contributed by atoms with Crippen LogP contribution in [0, 0.1) is 6.92 Å². The van der Waals surface area contributed by atoms with Crippen molar-refractivity contribution in [1.82, 2.24) is 9.97 Å². The highest BCUT2D eigenvalue weighted by Crippen LogP contribution is 2.31. The first-order chi connectivity index (χ1) is 14.6. The maximum atomic E-state index is 12.5. The molecule has 0 atom stereocenters. The molecule has 0 radical (unpaired) electrons. The Morgan fingerprint density at radius 3 is 2.57 bits per heavy atom. The van der Waals surface area contributed by atoms with E-state index in [1.807, 2.05) is 54.8 Å². The van der Waals surface area contributed by atoms with Crippen molar-refractivity contribution in [3.05, 3.63) is 81.1 Å². The number of amides is 1. The van der Waals surface area contributed by atoms with Crippen LogP contribution < -0.4 is 10.1 Å². The molecule has 0 aliphatic carbocycles. The molecule has 7 heteroatoms. The lowest BCUT2D eigenvalue weighted by atomic mass is 10.1. The Hall–Kier alpha value is -3.03. The molecule has 2 aromatic carbocycles. The van der Waals surface area contributed by atoms with Crippen molar-refractivity contribution < 1.29 is 9.53 Å². The lowest BCUT2D eigenvalue weighted by Gasteiger charge is -2.02. The number of methoxy groups -OCH3 is 1. The summed E-state index contributed by atoms with van der Waals surface area (Å²) >= 11 is 3.06. The number of nitrogens with one attached hydrogen (secondary N) is 1. The fraction of sp³-hybridized carbons (Fsp3) is 0.174. The molecule has 30 heavy (non-hydrogen) atoms. The molecule has 1 amide bonds. The van der Waals surface area contributed by atoms with Crippen LogP contribution in [0.15, 0.2) is 60.0 Å². The lowest BCUT2D eigenvalue weighted by molar-refractivity contribution is -0.115. The second kappa shape index (κ2) is 9.19. The minimum atomic E-state index is -0.110. The third-order valence-electron chi connectivity index (χ3n) is 4.55. The Balaban J connectivity index is 1.38. The van der Waals surface area contributed by atoms with Crippen LogP contribution >= 0.6 is 22.7 Å². The summed E-state index contributed by atoms with van der Waals surface area (Å²) in [5.74, 6) is 0.691. The van der Waals surface area contributed by atoms with Crippen LogP contribution in [-0.2, 0) is 17.6 Å². The fourth-order valence-corrected chi connectivity index (χ4v) is 4.76. The van der Waals surface area contributed by atoms with Crippen molar-refractivity contribution in [2.75, 3.05) is 12.4 Å². The van der Waals surface area contributed by atoms with Crippen LogP contribution in [0.2, 0.25) is 0 Å². The first-order valence-corrected chi connectivity index (χ1v) is 11.2. The van der Waals surface area contributed by atoms with Crippen LogP contribution in [-0.4, -0.2) is 23.0 Å². The number of carbonyl (C=O) groups excluding carboxylic acids is 1. The van der Waals surface area contributed by atoms with E-state index >= 15 is 0 Å². The summed E-state index contributed by atoms with van der Waals surface area (Å²) in [6.07, 6.45) is 1.02. The fourth-order valence-electron chi connectivity index (χ4n) is 3.08. The van der Waals surface area contributed by atoms with E-state index in [-0.39, 0.29) is 12.3 Å². The maximum Gasteiger partial charge on any atom is 0.232 e. The summed E-state index contributed by atoms with van der Waals surface area (Å²) in [6.45, 7) is 2.00. The third-order valence-corrected chi connectivity index (χ3v) is 6.33. The Morgan fingerprint density at radius 1 is 1.07 bits per heavy atom. The van der Waals surface area contributed by atoms with E-state index in [1.54, 1.807) is 18.4 Å². The van der Waals surface area contributed by atoms with Gasteiger partial charge in [0.25, 0.3) is 0 Å². The third kappa shape index (κ3) is 4.93. The van der Waals surface area contributed by atoms with Gasteiger partial charge in [-0.2, -0.15) is 0 Å². The number of nitrogens with zero attached hydrogens (tertiary/aromatic N) is 2. The second-order valence-corrected chi connectivity index (χ2v) is 8.92. The molecule has 0 fully saturated rings. The molecule has 1 N–H and O–H groups in total. The van der Waals surface area contributed by atoms with E-state index in [2.05, 4.69) is 27.4 Å². The minimum Gasteiger partial charge on any atom is -0.497 e. The first-order valence-electron chi connectivity index (χ1n) is 9.49. The van der Waals surface area contributed by atoms with Crippen molar-refractivity contribution in [2.45, 2.75) is 19.8 Å². The van der Waals surface area contributed by atoms with Crippen molar-refractivity contribution in [3.63, 3.8) is 0 Å². The van der Waals surface area contributed by atoms with E-state index in [0.29, 0.717) is 5.13 Å². The van der Waals surface area contributed by atoms with Crippen molar-refractivity contribution in [3.8, 4) is 17.0 Å². The van der Waals surface area contributed by atoms with Gasteiger partial charge in [0.05, 0.1) is 29.9 Å². The molecule has 0 unspecified atom stereocenters. The molecule has 0 aliphatic heterocycles. The lowest BCUT2D eigenvalue weighted by Crippen LogP contribution is -2.14. The van der Waals surface area contributed by atoms with E-state index in [9.17, 15) is 4.79 Å². The van der Waals surface area contributed by atoms with Gasteiger partial charge in [-0.25, -0.2) is 9.97 Å². The Morgan fingerprint density at radius 2 is 1.83 bits per heavy atom. The Kier molecular flexibility index (Phi) is 6.21. The monoisotopic (exact) mass is 435 g/mol. The predicted octanol–water partition coefficient (Wildman–Crippen LogP) is 5.36. The summed E-state index contributed by atoms with van der Waals surface area (Å²) < 4.78 is 5.20. The van der Waals surface area contributed by atoms with Crippen LogP contribution in [0.4, 0.5) is 5.13 Å². The van der Waals surface area contributed by atoms with E-state index in [4.69, 9.17) is 4.74 Å². The van der Waals surface area contributed by atoms with Crippen LogP contribution in [0.25, 0.3) is 11.3 Å². The molecule has 2 heterocycles. The molecule has 0 spiro atoms. The van der Waals surface area contributed by atoms with Crippen LogP contribution in [0.1, 0.15) is 21.1 Å². The molecule has 4 aromatic rings. The number of anilines is 1. The van der Waals surface area contributed by atoms with Gasteiger partial charge in [-0.05, 0) is 36.8 Å². The molecule has 0 bridgehead atoms. The standard InChI is InChI=1S/C23H21N3O2S2/c1-15-22(17-8-10-19(28-2)11-9-17)26-23(30-15)25-20(27)13-18-14-29-21(24-18)12-16-6-4-3-5-7-16/h3-11,14H,12-13H2,1-2H3,(H,25,26,27). The number of hydrogen-bond acceptors (Lipinski definition) is 6. The van der Waals surface area contributed by atoms with Gasteiger partial charge in [0.1, 0.15) is 5.75 Å². The zero-order chi connectivity index (χ0) is 20.9. The molecule has 0 saturated heterocycles. The van der Waals surface area contributed by atoms with E-state index in [0.717, 1.165) is 39.0 Å². The molecule has 0 aliphatic rings. The number of aromatic nitrogens is 2. The van der Waals surface area contributed by atoms with Crippen LogP contribution in [0.5, 0.6) is 5.75 Å². The van der Waals surface area contributed by atoms with Crippen LogP contribution in [0.3, 0.4) is 0 Å². The number of thiazole rings is 2.